The van der Waals surface area contributed by atoms with Crippen molar-refractivity contribution in [3.05, 3.63) is 12.2 Å². The fourth-order valence-corrected chi connectivity index (χ4v) is 11.7. The molecule has 0 aliphatic rings. The van der Waals surface area contributed by atoms with Crippen LogP contribution in [0.5, 0.6) is 0 Å². The first-order chi connectivity index (χ1) is 11.5. The molecule has 0 rings (SSSR count). The Morgan fingerprint density at radius 3 is 1.64 bits per heavy atom. The van der Waals surface area contributed by atoms with Gasteiger partial charge in [0.2, 0.25) is 0 Å². The van der Waals surface area contributed by atoms with Crippen molar-refractivity contribution in [1.82, 2.24) is 0 Å². The average Bonchev–Trinajstić information content (AvgIpc) is 2.44. The van der Waals surface area contributed by atoms with Gasteiger partial charge in [0.25, 0.3) is 0 Å². The summed E-state index contributed by atoms with van der Waals surface area (Å²) in [5.74, 6) is -0.523. The van der Waals surface area contributed by atoms with Crippen LogP contribution in [0, 0.1) is 0 Å². The summed E-state index contributed by atoms with van der Waals surface area (Å²) in [7, 11) is -3.40. The Kier molecular flexibility index (Phi) is 11.2. The van der Waals surface area contributed by atoms with Crippen LogP contribution < -0.4 is 0 Å². The van der Waals surface area contributed by atoms with Crippen molar-refractivity contribution < 1.29 is 23.2 Å². The minimum Gasteiger partial charge on any atom is -0.466 e. The number of hydrogen-bond donors (Lipinski definition) is 0. The molecule has 0 bridgehead atoms. The molecule has 5 nitrogen and oxygen atoms in total. The van der Waals surface area contributed by atoms with E-state index < -0.39 is 16.6 Å². The molecular formula is C18H36O5Si2. The van der Waals surface area contributed by atoms with Gasteiger partial charge in [0.15, 0.2) is 16.6 Å². The first-order valence-electron chi connectivity index (χ1n) is 9.11. The van der Waals surface area contributed by atoms with E-state index in [2.05, 4.69) is 32.8 Å². The minimum atomic E-state index is -1.71. The van der Waals surface area contributed by atoms with Gasteiger partial charge in [0, 0.05) is 12.5 Å². The lowest BCUT2D eigenvalue weighted by Crippen LogP contribution is -2.44. The molecule has 25 heavy (non-hydrogen) atoms. The maximum atomic E-state index is 11.3. The third-order valence-corrected chi connectivity index (χ3v) is 11.3. The van der Waals surface area contributed by atoms with E-state index in [1.54, 1.807) is 6.92 Å². The Morgan fingerprint density at radius 2 is 1.24 bits per heavy atom. The van der Waals surface area contributed by atoms with Gasteiger partial charge < -0.3 is 13.6 Å². The highest BCUT2D eigenvalue weighted by atomic mass is 28.4. The van der Waals surface area contributed by atoms with Crippen LogP contribution in [0.15, 0.2) is 12.2 Å². The fourth-order valence-electron chi connectivity index (χ4n) is 2.66. The van der Waals surface area contributed by atoms with Gasteiger partial charge in [0.1, 0.15) is 0 Å². The summed E-state index contributed by atoms with van der Waals surface area (Å²) in [6, 6.07) is 2.16. The molecule has 0 heterocycles. The summed E-state index contributed by atoms with van der Waals surface area (Å²) in [5.41, 5.74) is 0.444. The molecule has 0 aliphatic heterocycles. The zero-order chi connectivity index (χ0) is 19.5. The van der Waals surface area contributed by atoms with Crippen LogP contribution in [-0.2, 0) is 23.2 Å². The molecule has 0 saturated carbocycles. The van der Waals surface area contributed by atoms with Gasteiger partial charge in [-0.15, -0.1) is 0 Å². The SMILES string of the molecule is C=C(C)C(=O)OCCCC[Si](C)(C)O[Si](C)(C)CCCCOC(C)=O. The Hall–Kier alpha value is -0.926. The van der Waals surface area contributed by atoms with Gasteiger partial charge in [-0.3, -0.25) is 4.79 Å². The van der Waals surface area contributed by atoms with Crippen LogP contribution in [0.4, 0.5) is 0 Å². The molecule has 0 atom stereocenters. The van der Waals surface area contributed by atoms with Gasteiger partial charge in [-0.1, -0.05) is 19.4 Å². The van der Waals surface area contributed by atoms with Gasteiger partial charge in [0.05, 0.1) is 13.2 Å². The van der Waals surface area contributed by atoms with E-state index in [1.807, 2.05) is 0 Å². The number of unbranched alkanes of at least 4 members (excludes halogenated alkanes) is 2. The maximum absolute atomic E-state index is 11.3. The fraction of sp³-hybridized carbons (Fsp3) is 0.778. The second-order valence-electron chi connectivity index (χ2n) is 7.79. The normalized spacial score (nSPS) is 11.9. The zero-order valence-corrected chi connectivity index (χ0v) is 18.9. The Balaban J connectivity index is 3.99. The van der Waals surface area contributed by atoms with Crippen molar-refractivity contribution in [2.45, 2.75) is 77.8 Å². The molecule has 146 valence electrons. The average molecular weight is 389 g/mol. The number of carbonyl (C=O) groups is 2. The third-order valence-electron chi connectivity index (χ3n) is 3.79. The van der Waals surface area contributed by atoms with Crippen molar-refractivity contribution >= 4 is 28.6 Å². The highest BCUT2D eigenvalue weighted by Crippen LogP contribution is 2.24. The first-order valence-corrected chi connectivity index (χ1v) is 15.3. The van der Waals surface area contributed by atoms with E-state index in [4.69, 9.17) is 13.6 Å². The molecule has 0 aromatic rings. The maximum Gasteiger partial charge on any atom is 0.333 e. The highest BCUT2D eigenvalue weighted by Gasteiger charge is 2.32. The number of rotatable bonds is 13. The van der Waals surface area contributed by atoms with E-state index in [-0.39, 0.29) is 11.9 Å². The summed E-state index contributed by atoms with van der Waals surface area (Å²) < 4.78 is 16.7. The van der Waals surface area contributed by atoms with Crippen LogP contribution in [-0.4, -0.2) is 41.8 Å². The molecule has 0 saturated heterocycles. The molecule has 0 spiro atoms. The lowest BCUT2D eigenvalue weighted by molar-refractivity contribution is -0.141. The van der Waals surface area contributed by atoms with Crippen LogP contribution >= 0.6 is 0 Å². The Bertz CT molecular complexity index is 447. The molecule has 0 amide bonds. The number of ether oxygens (including phenoxy) is 2. The van der Waals surface area contributed by atoms with Gasteiger partial charge in [-0.25, -0.2) is 4.79 Å². The van der Waals surface area contributed by atoms with Crippen molar-refractivity contribution in [1.29, 1.82) is 0 Å². The zero-order valence-electron chi connectivity index (χ0n) is 16.9. The quantitative estimate of drug-likeness (QED) is 0.199. The van der Waals surface area contributed by atoms with Crippen LogP contribution in [0.2, 0.25) is 38.3 Å². The molecule has 0 unspecified atom stereocenters. The van der Waals surface area contributed by atoms with E-state index in [0.717, 1.165) is 37.8 Å². The first kappa shape index (κ1) is 24.1. The Labute approximate surface area is 155 Å². The number of hydrogen-bond acceptors (Lipinski definition) is 5. The summed E-state index contributed by atoms with van der Waals surface area (Å²) in [6.45, 7) is 16.7. The molecule has 0 radical (unpaired) electrons. The third kappa shape index (κ3) is 14.0. The molecular weight excluding hydrogens is 352 g/mol. The van der Waals surface area contributed by atoms with E-state index in [0.29, 0.717) is 18.8 Å². The number of esters is 2. The largest absolute Gasteiger partial charge is 0.466 e. The topological polar surface area (TPSA) is 61.8 Å². The lowest BCUT2D eigenvalue weighted by Gasteiger charge is -2.34. The van der Waals surface area contributed by atoms with Crippen molar-refractivity contribution in [2.75, 3.05) is 13.2 Å². The van der Waals surface area contributed by atoms with Crippen LogP contribution in [0.3, 0.4) is 0 Å². The molecule has 0 aromatic heterocycles. The predicted octanol–water partition coefficient (Wildman–Crippen LogP) is 4.66. The van der Waals surface area contributed by atoms with Gasteiger partial charge in [-0.2, -0.15) is 0 Å². The monoisotopic (exact) mass is 388 g/mol. The van der Waals surface area contributed by atoms with Crippen molar-refractivity contribution in [3.8, 4) is 0 Å². The highest BCUT2D eigenvalue weighted by molar-refractivity contribution is 6.84. The number of carbonyl (C=O) groups excluding carboxylic acids is 2. The molecule has 0 N–H and O–H groups in total. The van der Waals surface area contributed by atoms with Crippen molar-refractivity contribution in [2.24, 2.45) is 0 Å². The molecule has 0 fully saturated rings. The molecule has 0 aliphatic carbocycles. The Morgan fingerprint density at radius 1 is 0.800 bits per heavy atom. The standard InChI is InChI=1S/C18H36O5Si2/c1-16(2)18(20)22-13-9-11-15-25(6,7)23-24(4,5)14-10-8-12-21-17(3)19/h1,8-15H2,2-7H3. The summed E-state index contributed by atoms with van der Waals surface area (Å²) in [5, 5.41) is 0. The van der Waals surface area contributed by atoms with Crippen molar-refractivity contribution in [3.63, 3.8) is 0 Å². The minimum absolute atomic E-state index is 0.213. The smallest absolute Gasteiger partial charge is 0.333 e. The van der Waals surface area contributed by atoms with E-state index in [9.17, 15) is 9.59 Å². The van der Waals surface area contributed by atoms with E-state index in [1.165, 1.54) is 6.92 Å². The lowest BCUT2D eigenvalue weighted by atomic mass is 10.3. The summed E-state index contributed by atoms with van der Waals surface area (Å²) in [4.78, 5) is 22.1. The summed E-state index contributed by atoms with van der Waals surface area (Å²) in [6.07, 6.45) is 3.81. The van der Waals surface area contributed by atoms with Gasteiger partial charge in [-0.05, 0) is 58.0 Å². The second kappa shape index (κ2) is 11.6. The van der Waals surface area contributed by atoms with E-state index >= 15 is 0 Å². The predicted molar refractivity (Wildman–Crippen MR) is 107 cm³/mol. The van der Waals surface area contributed by atoms with Crippen LogP contribution in [0.25, 0.3) is 0 Å². The molecule has 7 heteroatoms. The summed E-state index contributed by atoms with van der Waals surface area (Å²) >= 11 is 0. The van der Waals surface area contributed by atoms with Gasteiger partial charge >= 0.3 is 11.9 Å². The molecule has 0 aromatic carbocycles. The second-order valence-corrected chi connectivity index (χ2v) is 16.6. The van der Waals surface area contributed by atoms with Crippen LogP contribution in [0.1, 0.15) is 39.5 Å².